The third-order valence-corrected chi connectivity index (χ3v) is 5.65. The molecule has 26 heavy (non-hydrogen) atoms. The molecule has 2 aliphatic heterocycles. The molecular formula is C20H29N5O. The molecule has 140 valence electrons. The fourth-order valence-corrected chi connectivity index (χ4v) is 3.80. The number of hydrogen-bond donors (Lipinski definition) is 0. The van der Waals surface area contributed by atoms with Crippen molar-refractivity contribution in [3.63, 3.8) is 0 Å². The summed E-state index contributed by atoms with van der Waals surface area (Å²) < 4.78 is 7.74. The average Bonchev–Trinajstić information content (AvgIpc) is 3.02. The van der Waals surface area contributed by atoms with Crippen molar-refractivity contribution in [1.82, 2.24) is 19.9 Å². The summed E-state index contributed by atoms with van der Waals surface area (Å²) in [6.07, 6.45) is 5.87. The minimum Gasteiger partial charge on any atom is -0.376 e. The molecule has 2 fully saturated rings. The van der Waals surface area contributed by atoms with Crippen LogP contribution < -0.4 is 4.90 Å². The molecule has 0 bridgehead atoms. The second-order valence-corrected chi connectivity index (χ2v) is 7.84. The third kappa shape index (κ3) is 3.62. The van der Waals surface area contributed by atoms with Crippen molar-refractivity contribution in [2.24, 2.45) is 0 Å². The molecule has 3 heterocycles. The summed E-state index contributed by atoms with van der Waals surface area (Å²) in [5.41, 5.74) is 4.65. The van der Waals surface area contributed by atoms with Gasteiger partial charge in [0.25, 0.3) is 0 Å². The monoisotopic (exact) mass is 355 g/mol. The van der Waals surface area contributed by atoms with Gasteiger partial charge in [-0.1, -0.05) is 11.3 Å². The normalized spacial score (nSPS) is 21.2. The summed E-state index contributed by atoms with van der Waals surface area (Å²) in [6.45, 7) is 6.03. The first-order chi connectivity index (χ1) is 12.6. The Morgan fingerprint density at radius 1 is 1.23 bits per heavy atom. The van der Waals surface area contributed by atoms with Crippen LogP contribution in [0.5, 0.6) is 0 Å². The third-order valence-electron chi connectivity index (χ3n) is 5.65. The van der Waals surface area contributed by atoms with Gasteiger partial charge >= 0.3 is 0 Å². The van der Waals surface area contributed by atoms with Crippen molar-refractivity contribution in [3.8, 4) is 11.3 Å². The lowest BCUT2D eigenvalue weighted by Gasteiger charge is -2.44. The van der Waals surface area contributed by atoms with Crippen LogP contribution in [-0.4, -0.2) is 65.8 Å². The zero-order valence-corrected chi connectivity index (χ0v) is 16.1. The molecular weight excluding hydrogens is 326 g/mol. The fraction of sp³-hybridized carbons (Fsp3) is 0.600. The van der Waals surface area contributed by atoms with E-state index < -0.39 is 0 Å². The lowest BCUT2D eigenvalue weighted by molar-refractivity contribution is 0.00370. The fourth-order valence-electron chi connectivity index (χ4n) is 3.80. The first-order valence-corrected chi connectivity index (χ1v) is 9.64. The van der Waals surface area contributed by atoms with Gasteiger partial charge < -0.3 is 14.5 Å². The van der Waals surface area contributed by atoms with Crippen LogP contribution in [0.4, 0.5) is 5.69 Å². The number of benzene rings is 1. The van der Waals surface area contributed by atoms with Crippen LogP contribution in [0.1, 0.15) is 24.8 Å². The van der Waals surface area contributed by atoms with Crippen molar-refractivity contribution in [3.05, 3.63) is 30.0 Å². The summed E-state index contributed by atoms with van der Waals surface area (Å²) in [4.78, 5) is 4.73. The van der Waals surface area contributed by atoms with Gasteiger partial charge in [0.2, 0.25) is 0 Å². The van der Waals surface area contributed by atoms with Crippen LogP contribution in [0, 0.1) is 6.92 Å². The maximum atomic E-state index is 5.81. The summed E-state index contributed by atoms with van der Waals surface area (Å²) in [5.74, 6) is 0. The van der Waals surface area contributed by atoms with E-state index >= 15 is 0 Å². The number of likely N-dealkylation sites (N-methyl/N-ethyl adjacent to an activating group) is 1. The molecule has 0 radical (unpaired) electrons. The van der Waals surface area contributed by atoms with E-state index in [9.17, 15) is 0 Å². The van der Waals surface area contributed by atoms with E-state index in [-0.39, 0.29) is 6.10 Å². The predicted molar refractivity (Wildman–Crippen MR) is 103 cm³/mol. The van der Waals surface area contributed by atoms with Gasteiger partial charge in [-0.15, -0.1) is 5.10 Å². The van der Waals surface area contributed by atoms with Crippen molar-refractivity contribution in [2.45, 2.75) is 44.9 Å². The van der Waals surface area contributed by atoms with Crippen LogP contribution in [-0.2, 0) is 11.3 Å². The summed E-state index contributed by atoms with van der Waals surface area (Å²) in [6, 6.07) is 7.32. The first kappa shape index (κ1) is 17.5. The standard InChI is InChI=1S/C20H29N5O/c1-15-10-16(24-11-17(12-24)23(2)3)7-8-19(15)20-14-25(22-21-20)13-18-6-4-5-9-26-18/h7-8,10,14,17-18H,4-6,9,11-13H2,1-3H3/t18-/m1/s1. The van der Waals surface area contributed by atoms with Crippen molar-refractivity contribution < 1.29 is 4.74 Å². The Morgan fingerprint density at radius 2 is 2.08 bits per heavy atom. The highest BCUT2D eigenvalue weighted by molar-refractivity contribution is 5.67. The number of hydrogen-bond acceptors (Lipinski definition) is 5. The topological polar surface area (TPSA) is 46.4 Å². The van der Waals surface area contributed by atoms with Gasteiger partial charge in [-0.3, -0.25) is 0 Å². The molecule has 4 rings (SSSR count). The number of aromatic nitrogens is 3. The van der Waals surface area contributed by atoms with E-state index in [4.69, 9.17) is 4.74 Å². The van der Waals surface area contributed by atoms with E-state index in [1.54, 1.807) is 0 Å². The molecule has 0 amide bonds. The largest absolute Gasteiger partial charge is 0.376 e. The Balaban J connectivity index is 1.43. The Bertz CT molecular complexity index is 744. The minimum absolute atomic E-state index is 0.276. The molecule has 6 nitrogen and oxygen atoms in total. The molecule has 1 aromatic heterocycles. The maximum Gasteiger partial charge on any atom is 0.113 e. The molecule has 6 heteroatoms. The smallest absolute Gasteiger partial charge is 0.113 e. The first-order valence-electron chi connectivity index (χ1n) is 9.64. The molecule has 0 unspecified atom stereocenters. The Morgan fingerprint density at radius 3 is 2.77 bits per heavy atom. The number of aryl methyl sites for hydroxylation is 1. The molecule has 2 aromatic rings. The Labute approximate surface area is 155 Å². The quantitative estimate of drug-likeness (QED) is 0.825. The van der Waals surface area contributed by atoms with Crippen LogP contribution in [0.15, 0.2) is 24.4 Å². The molecule has 1 aromatic carbocycles. The number of ether oxygens (including phenoxy) is 1. The van der Waals surface area contributed by atoms with Crippen LogP contribution in [0.3, 0.4) is 0 Å². The summed E-state index contributed by atoms with van der Waals surface area (Å²) in [5, 5.41) is 8.71. The van der Waals surface area contributed by atoms with Gasteiger partial charge in [-0.2, -0.15) is 0 Å². The molecule has 1 atom stereocenters. The molecule has 0 spiro atoms. The van der Waals surface area contributed by atoms with E-state index in [1.165, 1.54) is 24.1 Å². The molecule has 2 aliphatic rings. The Kier molecular flexibility index (Phi) is 4.96. The Hall–Kier alpha value is -1.92. The van der Waals surface area contributed by atoms with Crippen molar-refractivity contribution in [2.75, 3.05) is 38.7 Å². The number of anilines is 1. The van der Waals surface area contributed by atoms with Crippen LogP contribution in [0.25, 0.3) is 11.3 Å². The van der Waals surface area contributed by atoms with E-state index in [0.717, 1.165) is 43.9 Å². The van der Waals surface area contributed by atoms with Gasteiger partial charge in [0, 0.05) is 37.0 Å². The number of rotatable bonds is 5. The highest BCUT2D eigenvalue weighted by Gasteiger charge is 2.28. The zero-order valence-electron chi connectivity index (χ0n) is 16.1. The van der Waals surface area contributed by atoms with Gasteiger partial charge in [-0.25, -0.2) is 4.68 Å². The minimum atomic E-state index is 0.276. The lowest BCUT2D eigenvalue weighted by atomic mass is 10.0. The lowest BCUT2D eigenvalue weighted by Crippen LogP contribution is -2.57. The molecule has 0 N–H and O–H groups in total. The van der Waals surface area contributed by atoms with Crippen LogP contribution >= 0.6 is 0 Å². The zero-order chi connectivity index (χ0) is 18.1. The molecule has 0 saturated carbocycles. The second kappa shape index (κ2) is 7.37. The average molecular weight is 355 g/mol. The van der Waals surface area contributed by atoms with Crippen molar-refractivity contribution in [1.29, 1.82) is 0 Å². The van der Waals surface area contributed by atoms with Gasteiger partial charge in [0.15, 0.2) is 0 Å². The van der Waals surface area contributed by atoms with E-state index in [0.29, 0.717) is 6.04 Å². The van der Waals surface area contributed by atoms with Crippen molar-refractivity contribution >= 4 is 5.69 Å². The SMILES string of the molecule is Cc1cc(N2CC(N(C)C)C2)ccc1-c1cn(C[C@H]2CCCCO2)nn1. The van der Waals surface area contributed by atoms with E-state index in [2.05, 4.69) is 59.3 Å². The van der Waals surface area contributed by atoms with E-state index in [1.807, 2.05) is 10.9 Å². The highest BCUT2D eigenvalue weighted by atomic mass is 16.5. The predicted octanol–water partition coefficient (Wildman–Crippen LogP) is 2.57. The van der Waals surface area contributed by atoms with Crippen LogP contribution in [0.2, 0.25) is 0 Å². The van der Waals surface area contributed by atoms with Gasteiger partial charge in [0.05, 0.1) is 18.8 Å². The summed E-state index contributed by atoms with van der Waals surface area (Å²) in [7, 11) is 4.30. The second-order valence-electron chi connectivity index (χ2n) is 7.84. The number of nitrogens with zero attached hydrogens (tertiary/aromatic N) is 5. The van der Waals surface area contributed by atoms with Gasteiger partial charge in [-0.05, 0) is 58.0 Å². The maximum absolute atomic E-state index is 5.81. The van der Waals surface area contributed by atoms with Gasteiger partial charge in [0.1, 0.15) is 5.69 Å². The summed E-state index contributed by atoms with van der Waals surface area (Å²) >= 11 is 0. The molecule has 2 saturated heterocycles. The highest BCUT2D eigenvalue weighted by Crippen LogP contribution is 2.29. The molecule has 0 aliphatic carbocycles.